The van der Waals surface area contributed by atoms with E-state index in [4.69, 9.17) is 0 Å². The monoisotopic (exact) mass is 470 g/mol. The van der Waals surface area contributed by atoms with Crippen LogP contribution >= 0.6 is 40.0 Å². The average molecular weight is 471 g/mol. The van der Waals surface area contributed by atoms with Crippen molar-refractivity contribution < 1.29 is 28.7 Å². The fourth-order valence-electron chi connectivity index (χ4n) is 2.13. The van der Waals surface area contributed by atoms with E-state index in [-0.39, 0.29) is 36.2 Å². The molecule has 0 aliphatic carbocycles. The summed E-state index contributed by atoms with van der Waals surface area (Å²) in [5.41, 5.74) is -0.0644. The van der Waals surface area contributed by atoms with Gasteiger partial charge in [0.05, 0.1) is 11.4 Å². The van der Waals surface area contributed by atoms with Gasteiger partial charge in [0.25, 0.3) is 0 Å². The van der Waals surface area contributed by atoms with E-state index >= 15 is 0 Å². The van der Waals surface area contributed by atoms with Crippen LogP contribution in [0.4, 0.5) is 0 Å². The Hall–Kier alpha value is -1.08. The Morgan fingerprint density at radius 3 is 1.39 bits per heavy atom. The standard InChI is InChI=1S/C16H20N2O6P2.2ClH/c1-11(25(19,20)21)15-9-13(5-7-17-15)3-4-14-6-8-18-16(10-14)12(2)26(22,23)24;;/h3-12H,1-2H3,(H2,19,20,21)(H2,22,23,24);2*1H. The van der Waals surface area contributed by atoms with Crippen LogP contribution in [0, 0.1) is 0 Å². The molecule has 0 saturated heterocycles. The highest BCUT2D eigenvalue weighted by Gasteiger charge is 2.27. The third-order valence-electron chi connectivity index (χ3n) is 3.94. The van der Waals surface area contributed by atoms with Gasteiger partial charge in [0.15, 0.2) is 0 Å². The Bertz CT molecular complexity index is 842. The number of rotatable bonds is 6. The molecule has 12 heteroatoms. The van der Waals surface area contributed by atoms with Gasteiger partial charge in [-0.2, -0.15) is 0 Å². The van der Waals surface area contributed by atoms with Crippen LogP contribution in [0.25, 0.3) is 12.2 Å². The molecule has 0 radical (unpaired) electrons. The second-order valence-corrected chi connectivity index (χ2v) is 9.80. The molecule has 2 rings (SSSR count). The van der Waals surface area contributed by atoms with Crippen LogP contribution in [0.2, 0.25) is 0 Å². The number of halogens is 2. The largest absolute Gasteiger partial charge is 0.334 e. The fourth-order valence-corrected chi connectivity index (χ4v) is 3.10. The molecule has 28 heavy (non-hydrogen) atoms. The first-order chi connectivity index (χ1) is 12.0. The molecule has 0 fully saturated rings. The van der Waals surface area contributed by atoms with Crippen molar-refractivity contribution in [1.29, 1.82) is 0 Å². The summed E-state index contributed by atoms with van der Waals surface area (Å²) >= 11 is 0. The van der Waals surface area contributed by atoms with Gasteiger partial charge in [0.1, 0.15) is 11.3 Å². The molecular formula is C16H22Cl2N2O6P2. The summed E-state index contributed by atoms with van der Waals surface area (Å²) in [5.74, 6) is 0. The SMILES string of the molecule is CC(c1cc(C=Cc2ccnc(C(C)P(=O)(O)O)c2)ccn1)P(=O)(O)O.Cl.Cl. The Morgan fingerprint density at radius 1 is 0.786 bits per heavy atom. The Balaban J connectivity index is 0.00000364. The quantitative estimate of drug-likeness (QED) is 0.464. The normalized spacial score (nSPS) is 14.1. The summed E-state index contributed by atoms with van der Waals surface area (Å²) in [6, 6.07) is 6.54. The van der Waals surface area contributed by atoms with Crippen molar-refractivity contribution in [1.82, 2.24) is 9.97 Å². The molecule has 0 aliphatic rings. The zero-order valence-corrected chi connectivity index (χ0v) is 18.4. The van der Waals surface area contributed by atoms with Gasteiger partial charge in [-0.25, -0.2) is 0 Å². The lowest BCUT2D eigenvalue weighted by Crippen LogP contribution is -1.98. The predicted molar refractivity (Wildman–Crippen MR) is 113 cm³/mol. The van der Waals surface area contributed by atoms with Crippen LogP contribution < -0.4 is 0 Å². The fraction of sp³-hybridized carbons (Fsp3) is 0.250. The molecule has 8 nitrogen and oxygen atoms in total. The van der Waals surface area contributed by atoms with Crippen LogP contribution in [-0.2, 0) is 9.13 Å². The van der Waals surface area contributed by atoms with E-state index in [0.29, 0.717) is 11.1 Å². The Morgan fingerprint density at radius 2 is 1.11 bits per heavy atom. The molecule has 0 amide bonds. The van der Waals surface area contributed by atoms with Gasteiger partial charge in [-0.05, 0) is 49.2 Å². The van der Waals surface area contributed by atoms with Crippen LogP contribution in [-0.4, -0.2) is 29.5 Å². The van der Waals surface area contributed by atoms with Crippen molar-refractivity contribution in [2.24, 2.45) is 0 Å². The van der Waals surface area contributed by atoms with Gasteiger partial charge < -0.3 is 19.6 Å². The van der Waals surface area contributed by atoms with E-state index < -0.39 is 26.5 Å². The van der Waals surface area contributed by atoms with Crippen molar-refractivity contribution in [2.75, 3.05) is 0 Å². The van der Waals surface area contributed by atoms with Gasteiger partial charge in [-0.15, -0.1) is 24.8 Å². The first kappa shape index (κ1) is 26.9. The van der Waals surface area contributed by atoms with Crippen molar-refractivity contribution in [3.8, 4) is 0 Å². The molecule has 2 aromatic heterocycles. The second-order valence-electron chi connectivity index (χ2n) is 5.89. The topological polar surface area (TPSA) is 141 Å². The molecule has 2 atom stereocenters. The van der Waals surface area contributed by atoms with Gasteiger partial charge in [0.2, 0.25) is 0 Å². The highest BCUT2D eigenvalue weighted by molar-refractivity contribution is 7.52. The summed E-state index contributed by atoms with van der Waals surface area (Å²) in [6.07, 6.45) is 6.38. The van der Waals surface area contributed by atoms with E-state index in [1.54, 1.807) is 36.4 Å². The minimum absolute atomic E-state index is 0. The Kier molecular flexibility index (Phi) is 10.2. The molecule has 0 bridgehead atoms. The number of hydrogen-bond donors (Lipinski definition) is 4. The summed E-state index contributed by atoms with van der Waals surface area (Å²) in [7, 11) is -8.56. The lowest BCUT2D eigenvalue weighted by atomic mass is 10.1. The number of hydrogen-bond acceptors (Lipinski definition) is 4. The summed E-state index contributed by atoms with van der Waals surface area (Å²) < 4.78 is 22.7. The molecule has 0 aromatic carbocycles. The van der Waals surface area contributed by atoms with E-state index in [9.17, 15) is 28.7 Å². The molecular weight excluding hydrogens is 449 g/mol. The third-order valence-corrected chi connectivity index (χ3v) is 6.49. The predicted octanol–water partition coefficient (Wildman–Crippen LogP) is 3.97. The van der Waals surface area contributed by atoms with Crippen molar-refractivity contribution in [2.45, 2.75) is 25.2 Å². The lowest BCUT2D eigenvalue weighted by molar-refractivity contribution is 0.359. The first-order valence-corrected chi connectivity index (χ1v) is 11.0. The average Bonchev–Trinajstić information content (AvgIpc) is 2.57. The lowest BCUT2D eigenvalue weighted by Gasteiger charge is -2.13. The van der Waals surface area contributed by atoms with E-state index in [0.717, 1.165) is 0 Å². The van der Waals surface area contributed by atoms with Crippen molar-refractivity contribution in [3.63, 3.8) is 0 Å². The zero-order chi connectivity index (χ0) is 19.5. The van der Waals surface area contributed by atoms with Crippen LogP contribution in [0.1, 0.15) is 47.7 Å². The summed E-state index contributed by atoms with van der Waals surface area (Å²) in [4.78, 5) is 45.1. The highest BCUT2D eigenvalue weighted by Crippen LogP contribution is 2.51. The molecule has 2 heterocycles. The van der Waals surface area contributed by atoms with E-state index in [1.165, 1.54) is 26.2 Å². The molecule has 2 unspecified atom stereocenters. The van der Waals surface area contributed by atoms with Crippen LogP contribution in [0.5, 0.6) is 0 Å². The van der Waals surface area contributed by atoms with Gasteiger partial charge in [-0.3, -0.25) is 19.1 Å². The zero-order valence-electron chi connectivity index (χ0n) is 15.0. The van der Waals surface area contributed by atoms with Crippen molar-refractivity contribution >= 4 is 52.2 Å². The number of aromatic nitrogens is 2. The summed E-state index contributed by atoms with van der Waals surface area (Å²) in [5, 5.41) is 0. The molecule has 0 aliphatic heterocycles. The minimum Gasteiger partial charge on any atom is -0.324 e. The maximum Gasteiger partial charge on any atom is 0.334 e. The molecule has 0 spiro atoms. The molecule has 4 N–H and O–H groups in total. The summed E-state index contributed by atoms with van der Waals surface area (Å²) in [6.45, 7) is 2.82. The number of nitrogens with zero attached hydrogens (tertiary/aromatic N) is 2. The van der Waals surface area contributed by atoms with Crippen molar-refractivity contribution in [3.05, 3.63) is 59.2 Å². The minimum atomic E-state index is -4.28. The maximum absolute atomic E-state index is 11.4. The highest BCUT2D eigenvalue weighted by atomic mass is 35.5. The second kappa shape index (κ2) is 10.6. The van der Waals surface area contributed by atoms with Gasteiger partial charge in [0, 0.05) is 12.4 Å². The molecule has 2 aromatic rings. The van der Waals surface area contributed by atoms with Gasteiger partial charge in [-0.1, -0.05) is 12.2 Å². The maximum atomic E-state index is 11.4. The third kappa shape index (κ3) is 7.39. The van der Waals surface area contributed by atoms with Crippen LogP contribution in [0.3, 0.4) is 0 Å². The van der Waals surface area contributed by atoms with Crippen LogP contribution in [0.15, 0.2) is 36.7 Å². The Labute approximate surface area is 175 Å². The van der Waals surface area contributed by atoms with E-state index in [2.05, 4.69) is 9.97 Å². The number of pyridine rings is 2. The van der Waals surface area contributed by atoms with Gasteiger partial charge >= 0.3 is 15.2 Å². The molecule has 156 valence electrons. The first-order valence-electron chi connectivity index (χ1n) is 7.69. The molecule has 0 saturated carbocycles. The smallest absolute Gasteiger partial charge is 0.324 e. The van der Waals surface area contributed by atoms with E-state index in [1.807, 2.05) is 0 Å².